The molecule has 4 rings (SSSR count). The predicted octanol–water partition coefficient (Wildman–Crippen LogP) is 3.83. The van der Waals surface area contributed by atoms with E-state index >= 15 is 0 Å². The van der Waals surface area contributed by atoms with Gasteiger partial charge in [0, 0.05) is 12.1 Å². The summed E-state index contributed by atoms with van der Waals surface area (Å²) >= 11 is 0. The van der Waals surface area contributed by atoms with Crippen LogP contribution in [0.1, 0.15) is 17.0 Å². The van der Waals surface area contributed by atoms with Crippen molar-refractivity contribution in [2.24, 2.45) is 0 Å². The number of fused-ring (bicyclic) bond motifs is 3. The average molecular weight is 419 g/mol. The molecule has 1 N–H and O–H groups in total. The highest BCUT2D eigenvalue weighted by molar-refractivity contribution is 5.95. The summed E-state index contributed by atoms with van der Waals surface area (Å²) in [5.74, 6) is -1.56. The van der Waals surface area contributed by atoms with Crippen molar-refractivity contribution >= 4 is 23.4 Å². The molecule has 0 spiro atoms. The van der Waals surface area contributed by atoms with Crippen LogP contribution >= 0.6 is 0 Å². The van der Waals surface area contributed by atoms with E-state index in [1.807, 2.05) is 48.5 Å². The van der Waals surface area contributed by atoms with E-state index < -0.39 is 29.2 Å². The van der Waals surface area contributed by atoms with Crippen molar-refractivity contribution in [2.75, 3.05) is 18.1 Å². The molecular formula is C22H17N3O6. The monoisotopic (exact) mass is 419 g/mol. The summed E-state index contributed by atoms with van der Waals surface area (Å²) in [5.41, 5.74) is 3.40. The van der Waals surface area contributed by atoms with Gasteiger partial charge in [0.05, 0.1) is 4.92 Å². The number of rotatable bonds is 6. The van der Waals surface area contributed by atoms with Crippen molar-refractivity contribution in [3.05, 3.63) is 88.2 Å². The fraction of sp³-hybridized carbons (Fsp3) is 0.136. The van der Waals surface area contributed by atoms with Crippen molar-refractivity contribution in [3.8, 4) is 11.1 Å². The Labute approximate surface area is 176 Å². The van der Waals surface area contributed by atoms with Crippen molar-refractivity contribution < 1.29 is 24.4 Å². The van der Waals surface area contributed by atoms with Crippen molar-refractivity contribution in [1.82, 2.24) is 4.98 Å². The third-order valence-corrected chi connectivity index (χ3v) is 5.12. The van der Waals surface area contributed by atoms with Crippen LogP contribution in [0, 0.1) is 10.1 Å². The van der Waals surface area contributed by atoms with Gasteiger partial charge in [0.25, 0.3) is 0 Å². The molecule has 1 heterocycles. The largest absolute Gasteiger partial charge is 0.480 e. The van der Waals surface area contributed by atoms with Crippen molar-refractivity contribution in [2.45, 2.75) is 5.92 Å². The molecule has 0 radical (unpaired) electrons. The molecule has 3 aromatic rings. The molecule has 0 fully saturated rings. The Hall–Kier alpha value is -4.27. The third kappa shape index (κ3) is 3.80. The Morgan fingerprint density at radius 2 is 1.68 bits per heavy atom. The molecule has 31 heavy (non-hydrogen) atoms. The second-order valence-electron chi connectivity index (χ2n) is 6.91. The van der Waals surface area contributed by atoms with Gasteiger partial charge >= 0.3 is 17.7 Å². The summed E-state index contributed by atoms with van der Waals surface area (Å²) < 4.78 is 5.47. The van der Waals surface area contributed by atoms with Gasteiger partial charge in [-0.15, -0.1) is 0 Å². The Balaban J connectivity index is 1.61. The lowest BCUT2D eigenvalue weighted by atomic mass is 9.98. The first kappa shape index (κ1) is 20.0. The highest BCUT2D eigenvalue weighted by Gasteiger charge is 2.32. The van der Waals surface area contributed by atoms with Crippen molar-refractivity contribution in [3.63, 3.8) is 0 Å². The molecule has 156 valence electrons. The number of hydrogen-bond acceptors (Lipinski definition) is 6. The van der Waals surface area contributed by atoms with E-state index in [0.717, 1.165) is 33.4 Å². The number of anilines is 1. The molecule has 1 aromatic heterocycles. The van der Waals surface area contributed by atoms with Gasteiger partial charge in [0.15, 0.2) is 0 Å². The minimum absolute atomic E-state index is 0.0398. The fourth-order valence-electron chi connectivity index (χ4n) is 3.80. The van der Waals surface area contributed by atoms with Crippen LogP contribution in [0.2, 0.25) is 0 Å². The number of carbonyl (C=O) groups excluding carboxylic acids is 1. The molecule has 9 heteroatoms. The van der Waals surface area contributed by atoms with Crippen LogP contribution in [-0.4, -0.2) is 40.2 Å². The Bertz CT molecular complexity index is 1130. The number of benzene rings is 2. The topological polar surface area (TPSA) is 123 Å². The molecule has 0 atom stereocenters. The molecule has 0 saturated carbocycles. The zero-order chi connectivity index (χ0) is 22.0. The predicted molar refractivity (Wildman–Crippen MR) is 111 cm³/mol. The third-order valence-electron chi connectivity index (χ3n) is 5.12. The Morgan fingerprint density at radius 3 is 2.26 bits per heavy atom. The molecule has 0 aliphatic heterocycles. The maximum Gasteiger partial charge on any atom is 0.415 e. The van der Waals surface area contributed by atoms with E-state index in [1.54, 1.807) is 0 Å². The average Bonchev–Trinajstić information content (AvgIpc) is 3.09. The van der Waals surface area contributed by atoms with Gasteiger partial charge in [0.1, 0.15) is 25.0 Å². The van der Waals surface area contributed by atoms with Crippen LogP contribution < -0.4 is 4.90 Å². The number of nitro groups is 1. The van der Waals surface area contributed by atoms with Gasteiger partial charge in [-0.05, 0) is 28.3 Å². The maximum absolute atomic E-state index is 12.8. The number of aromatic nitrogens is 1. The molecule has 1 amide bonds. The lowest BCUT2D eigenvalue weighted by Gasteiger charge is -2.21. The quantitative estimate of drug-likeness (QED) is 0.476. The van der Waals surface area contributed by atoms with Crippen molar-refractivity contribution in [1.29, 1.82) is 0 Å². The van der Waals surface area contributed by atoms with Crippen LogP contribution in [0.15, 0.2) is 67.0 Å². The highest BCUT2D eigenvalue weighted by atomic mass is 16.6. The molecule has 9 nitrogen and oxygen atoms in total. The number of pyridine rings is 1. The highest BCUT2D eigenvalue weighted by Crippen LogP contribution is 2.44. The summed E-state index contributed by atoms with van der Waals surface area (Å²) in [6, 6.07) is 16.8. The molecule has 0 unspecified atom stereocenters. The van der Waals surface area contributed by atoms with Crippen LogP contribution in [0.5, 0.6) is 0 Å². The lowest BCUT2D eigenvalue weighted by molar-refractivity contribution is -0.384. The van der Waals surface area contributed by atoms with E-state index in [-0.39, 0.29) is 18.2 Å². The van der Waals surface area contributed by atoms with Gasteiger partial charge in [-0.25, -0.2) is 4.79 Å². The van der Waals surface area contributed by atoms with E-state index in [2.05, 4.69) is 4.98 Å². The standard InChI is InChI=1S/C22H17N3O6/c26-21(27)12-24(19-9-10-23-11-20(19)25(29)30)22(28)31-13-18-16-7-3-1-5-14(16)15-6-2-4-8-17(15)18/h1-11,18H,12-13H2,(H,26,27). The SMILES string of the molecule is O=C(O)CN(C(=O)OCC1c2ccccc2-c2ccccc21)c1ccncc1[N+](=O)[O-]. The van der Waals surface area contributed by atoms with Crippen LogP contribution in [0.3, 0.4) is 0 Å². The number of carboxylic acid groups (broad SMARTS) is 1. The van der Waals surface area contributed by atoms with Gasteiger partial charge in [-0.1, -0.05) is 48.5 Å². The minimum atomic E-state index is -1.33. The molecule has 1 aliphatic rings. The maximum atomic E-state index is 12.8. The first-order chi connectivity index (χ1) is 15.0. The van der Waals surface area contributed by atoms with Crippen LogP contribution in [0.25, 0.3) is 11.1 Å². The van der Waals surface area contributed by atoms with Gasteiger partial charge in [-0.3, -0.25) is 24.8 Å². The summed E-state index contributed by atoms with van der Waals surface area (Å²) in [4.78, 5) is 39.2. The first-order valence-corrected chi connectivity index (χ1v) is 9.40. The number of carbonyl (C=O) groups is 2. The first-order valence-electron chi connectivity index (χ1n) is 9.40. The lowest BCUT2D eigenvalue weighted by Crippen LogP contribution is -2.37. The zero-order valence-electron chi connectivity index (χ0n) is 16.2. The molecule has 0 bridgehead atoms. The molecular weight excluding hydrogens is 402 g/mol. The van der Waals surface area contributed by atoms with E-state index in [4.69, 9.17) is 4.74 Å². The number of ether oxygens (including phenoxy) is 1. The number of carboxylic acids is 1. The van der Waals surface area contributed by atoms with Crippen LogP contribution in [-0.2, 0) is 9.53 Å². The smallest absolute Gasteiger partial charge is 0.415 e. The Kier molecular flexibility index (Phi) is 5.31. The number of aliphatic carboxylic acids is 1. The Morgan fingerprint density at radius 1 is 1.06 bits per heavy atom. The second-order valence-corrected chi connectivity index (χ2v) is 6.91. The normalized spacial score (nSPS) is 12.0. The van der Waals surface area contributed by atoms with Crippen LogP contribution in [0.4, 0.5) is 16.2 Å². The fourth-order valence-corrected chi connectivity index (χ4v) is 3.80. The van der Waals surface area contributed by atoms with E-state index in [9.17, 15) is 24.8 Å². The van der Waals surface area contributed by atoms with E-state index in [0.29, 0.717) is 0 Å². The summed E-state index contributed by atoms with van der Waals surface area (Å²) in [6.45, 7) is -0.830. The van der Waals surface area contributed by atoms with E-state index in [1.165, 1.54) is 12.3 Å². The summed E-state index contributed by atoms with van der Waals surface area (Å²) in [6.07, 6.45) is 1.22. The molecule has 2 aromatic carbocycles. The zero-order valence-corrected chi connectivity index (χ0v) is 16.2. The summed E-state index contributed by atoms with van der Waals surface area (Å²) in [5, 5.41) is 20.5. The number of amides is 1. The van der Waals surface area contributed by atoms with Gasteiger partial charge in [-0.2, -0.15) is 0 Å². The second kappa shape index (κ2) is 8.23. The number of nitrogens with zero attached hydrogens (tertiary/aromatic N) is 3. The summed E-state index contributed by atoms with van der Waals surface area (Å²) in [7, 11) is 0. The van der Waals surface area contributed by atoms with Gasteiger partial charge < -0.3 is 9.84 Å². The molecule has 0 saturated heterocycles. The number of hydrogen-bond donors (Lipinski definition) is 1. The minimum Gasteiger partial charge on any atom is -0.480 e. The van der Waals surface area contributed by atoms with Gasteiger partial charge in [0.2, 0.25) is 0 Å². The molecule has 1 aliphatic carbocycles.